The molecule has 112 valence electrons. The summed E-state index contributed by atoms with van der Waals surface area (Å²) < 4.78 is 5.98. The van der Waals surface area contributed by atoms with Crippen molar-refractivity contribution in [3.05, 3.63) is 71.9 Å². The summed E-state index contributed by atoms with van der Waals surface area (Å²) in [4.78, 5) is 0. The third kappa shape index (κ3) is 3.35. The highest BCUT2D eigenvalue weighted by Gasteiger charge is 2.09. The number of nitrogens with one attached hydrogen (secondary N) is 2. The van der Waals surface area contributed by atoms with Gasteiger partial charge in [0.05, 0.1) is 5.69 Å². The van der Waals surface area contributed by atoms with Crippen molar-refractivity contribution >= 4 is 0 Å². The molecule has 4 nitrogen and oxygen atoms in total. The van der Waals surface area contributed by atoms with Crippen molar-refractivity contribution in [1.29, 1.82) is 0 Å². The Kier molecular flexibility index (Phi) is 4.51. The summed E-state index contributed by atoms with van der Waals surface area (Å²) in [6, 6.07) is 20.2. The van der Waals surface area contributed by atoms with Gasteiger partial charge in [0, 0.05) is 17.8 Å². The largest absolute Gasteiger partial charge is 0.488 e. The zero-order chi connectivity index (χ0) is 15.2. The van der Waals surface area contributed by atoms with Gasteiger partial charge in [0.1, 0.15) is 12.4 Å². The fraction of sp³-hybridized carbons (Fsp3) is 0.167. The van der Waals surface area contributed by atoms with Gasteiger partial charge in [-0.3, -0.25) is 5.10 Å². The van der Waals surface area contributed by atoms with Crippen LogP contribution in [0.3, 0.4) is 0 Å². The monoisotopic (exact) mass is 293 g/mol. The molecule has 0 aliphatic rings. The Hall–Kier alpha value is -2.59. The van der Waals surface area contributed by atoms with Gasteiger partial charge in [0.2, 0.25) is 0 Å². The Morgan fingerprint density at radius 3 is 2.64 bits per heavy atom. The van der Waals surface area contributed by atoms with Crippen molar-refractivity contribution in [3.63, 3.8) is 0 Å². The molecule has 0 unspecified atom stereocenters. The molecular weight excluding hydrogens is 274 g/mol. The van der Waals surface area contributed by atoms with E-state index in [2.05, 4.69) is 27.6 Å². The summed E-state index contributed by atoms with van der Waals surface area (Å²) in [5.41, 5.74) is 4.09. The lowest BCUT2D eigenvalue weighted by atomic mass is 10.1. The van der Waals surface area contributed by atoms with Crippen LogP contribution in [0.25, 0.3) is 11.3 Å². The van der Waals surface area contributed by atoms with Gasteiger partial charge in [0.25, 0.3) is 0 Å². The average molecular weight is 293 g/mol. The van der Waals surface area contributed by atoms with Crippen molar-refractivity contribution in [2.45, 2.75) is 13.2 Å². The van der Waals surface area contributed by atoms with Crippen LogP contribution in [0.15, 0.2) is 60.7 Å². The van der Waals surface area contributed by atoms with E-state index in [0.717, 1.165) is 34.8 Å². The number of benzene rings is 2. The van der Waals surface area contributed by atoms with E-state index in [1.54, 1.807) is 0 Å². The van der Waals surface area contributed by atoms with Gasteiger partial charge in [-0.15, -0.1) is 0 Å². The summed E-state index contributed by atoms with van der Waals surface area (Å²) in [7, 11) is 1.91. The summed E-state index contributed by atoms with van der Waals surface area (Å²) in [6.45, 7) is 1.31. The molecule has 0 radical (unpaired) electrons. The maximum atomic E-state index is 5.98. The van der Waals surface area contributed by atoms with Gasteiger partial charge in [-0.25, -0.2) is 0 Å². The predicted octanol–water partition coefficient (Wildman–Crippen LogP) is 3.38. The first kappa shape index (κ1) is 14.4. The highest BCUT2D eigenvalue weighted by Crippen LogP contribution is 2.29. The minimum atomic E-state index is 0.547. The number of H-pyrrole nitrogens is 1. The van der Waals surface area contributed by atoms with Crippen LogP contribution in [-0.2, 0) is 13.2 Å². The fourth-order valence-electron chi connectivity index (χ4n) is 2.32. The van der Waals surface area contributed by atoms with Crippen molar-refractivity contribution in [2.75, 3.05) is 7.05 Å². The van der Waals surface area contributed by atoms with Crippen molar-refractivity contribution < 1.29 is 4.74 Å². The molecule has 0 saturated heterocycles. The van der Waals surface area contributed by atoms with Gasteiger partial charge >= 0.3 is 0 Å². The number of hydrogen-bond acceptors (Lipinski definition) is 3. The molecule has 2 N–H and O–H groups in total. The molecular formula is C18H19N3O. The van der Waals surface area contributed by atoms with Gasteiger partial charge in [-0.1, -0.05) is 42.5 Å². The second-order valence-corrected chi connectivity index (χ2v) is 5.08. The van der Waals surface area contributed by atoms with Crippen LogP contribution in [0.4, 0.5) is 0 Å². The van der Waals surface area contributed by atoms with Crippen LogP contribution in [-0.4, -0.2) is 17.2 Å². The summed E-state index contributed by atoms with van der Waals surface area (Å²) in [6.07, 6.45) is 0. The number of aromatic amines is 1. The molecule has 2 aromatic carbocycles. The molecule has 0 fully saturated rings. The van der Waals surface area contributed by atoms with Gasteiger partial charge in [-0.2, -0.15) is 5.10 Å². The first-order valence-corrected chi connectivity index (χ1v) is 7.32. The number of aromatic nitrogens is 2. The molecule has 0 aliphatic heterocycles. The van der Waals surface area contributed by atoms with Crippen molar-refractivity contribution in [1.82, 2.24) is 15.5 Å². The Balaban J connectivity index is 1.80. The highest BCUT2D eigenvalue weighted by atomic mass is 16.5. The minimum absolute atomic E-state index is 0.547. The smallest absolute Gasteiger partial charge is 0.129 e. The zero-order valence-electron chi connectivity index (χ0n) is 12.5. The van der Waals surface area contributed by atoms with E-state index in [0.29, 0.717) is 6.61 Å². The molecule has 0 bridgehead atoms. The molecule has 3 rings (SSSR count). The van der Waals surface area contributed by atoms with E-state index in [1.807, 2.05) is 55.6 Å². The van der Waals surface area contributed by atoms with Crippen LogP contribution in [0.2, 0.25) is 0 Å². The Morgan fingerprint density at radius 1 is 1.05 bits per heavy atom. The van der Waals surface area contributed by atoms with Gasteiger partial charge in [-0.05, 0) is 30.8 Å². The first-order chi connectivity index (χ1) is 10.9. The predicted molar refractivity (Wildman–Crippen MR) is 87.6 cm³/mol. The number of hydrogen-bond donors (Lipinski definition) is 2. The lowest BCUT2D eigenvalue weighted by Crippen LogP contribution is -2.04. The van der Waals surface area contributed by atoms with E-state index in [4.69, 9.17) is 4.74 Å². The molecule has 0 spiro atoms. The summed E-state index contributed by atoms with van der Waals surface area (Å²) in [5, 5.41) is 10.5. The molecule has 0 atom stereocenters. The van der Waals surface area contributed by atoms with Crippen molar-refractivity contribution in [2.24, 2.45) is 0 Å². The maximum Gasteiger partial charge on any atom is 0.129 e. The van der Waals surface area contributed by atoms with Crippen LogP contribution in [0.1, 0.15) is 11.3 Å². The fourth-order valence-corrected chi connectivity index (χ4v) is 2.32. The molecule has 22 heavy (non-hydrogen) atoms. The van der Waals surface area contributed by atoms with Crippen LogP contribution in [0, 0.1) is 0 Å². The number of rotatable bonds is 6. The maximum absolute atomic E-state index is 5.98. The normalized spacial score (nSPS) is 10.6. The van der Waals surface area contributed by atoms with E-state index < -0.39 is 0 Å². The van der Waals surface area contributed by atoms with E-state index in [1.165, 1.54) is 0 Å². The number of ether oxygens (including phenoxy) is 1. The summed E-state index contributed by atoms with van der Waals surface area (Å²) in [5.74, 6) is 0.842. The Morgan fingerprint density at radius 2 is 1.82 bits per heavy atom. The average Bonchev–Trinajstić information content (AvgIpc) is 3.03. The first-order valence-electron chi connectivity index (χ1n) is 7.32. The lowest BCUT2D eigenvalue weighted by Gasteiger charge is -2.10. The lowest BCUT2D eigenvalue weighted by molar-refractivity contribution is 0.307. The molecule has 0 aliphatic carbocycles. The third-order valence-electron chi connectivity index (χ3n) is 3.40. The zero-order valence-corrected chi connectivity index (χ0v) is 12.5. The van der Waals surface area contributed by atoms with E-state index in [-0.39, 0.29) is 0 Å². The number of para-hydroxylation sites is 1. The molecule has 1 aromatic heterocycles. The SMILES string of the molecule is CNCc1cc(-c2ccccc2OCc2ccccc2)n[nH]1. The highest BCUT2D eigenvalue weighted by molar-refractivity contribution is 5.67. The van der Waals surface area contributed by atoms with Crippen LogP contribution in [0.5, 0.6) is 5.75 Å². The van der Waals surface area contributed by atoms with E-state index in [9.17, 15) is 0 Å². The third-order valence-corrected chi connectivity index (χ3v) is 3.40. The quantitative estimate of drug-likeness (QED) is 0.732. The van der Waals surface area contributed by atoms with Crippen LogP contribution >= 0.6 is 0 Å². The van der Waals surface area contributed by atoms with Gasteiger partial charge < -0.3 is 10.1 Å². The molecule has 3 aromatic rings. The molecule has 0 saturated carbocycles. The molecule has 0 amide bonds. The van der Waals surface area contributed by atoms with E-state index >= 15 is 0 Å². The number of nitrogens with zero attached hydrogens (tertiary/aromatic N) is 1. The molecule has 1 heterocycles. The standard InChI is InChI=1S/C18H19N3O/c1-19-12-15-11-17(21-20-15)16-9-5-6-10-18(16)22-13-14-7-3-2-4-8-14/h2-11,19H,12-13H2,1H3,(H,20,21). The Labute approximate surface area is 130 Å². The second-order valence-electron chi connectivity index (χ2n) is 5.08. The van der Waals surface area contributed by atoms with Crippen molar-refractivity contribution in [3.8, 4) is 17.0 Å². The Bertz CT molecular complexity index is 722. The van der Waals surface area contributed by atoms with Crippen LogP contribution < -0.4 is 10.1 Å². The van der Waals surface area contributed by atoms with Gasteiger partial charge in [0.15, 0.2) is 0 Å². The topological polar surface area (TPSA) is 49.9 Å². The second kappa shape index (κ2) is 6.91. The molecule has 4 heteroatoms. The minimum Gasteiger partial charge on any atom is -0.488 e. The summed E-state index contributed by atoms with van der Waals surface area (Å²) >= 11 is 0.